The number of imidazole rings is 1. The summed E-state index contributed by atoms with van der Waals surface area (Å²) < 4.78 is 3.51. The zero-order valence-electron chi connectivity index (χ0n) is 21.4. The molecule has 40 heavy (non-hydrogen) atoms. The van der Waals surface area contributed by atoms with Crippen molar-refractivity contribution in [2.45, 2.75) is 0 Å². The Morgan fingerprint density at radius 3 is 2.12 bits per heavy atom. The number of benzene rings is 5. The predicted octanol–water partition coefficient (Wildman–Crippen LogP) is 9.89. The Morgan fingerprint density at radius 1 is 0.550 bits per heavy atom. The van der Waals surface area contributed by atoms with E-state index in [-0.39, 0.29) is 0 Å². The maximum absolute atomic E-state index is 4.93. The zero-order valence-corrected chi connectivity index (χ0v) is 22.2. The summed E-state index contributed by atoms with van der Waals surface area (Å²) in [7, 11) is 0. The lowest BCUT2D eigenvalue weighted by molar-refractivity contribution is 1.24. The Hall–Kier alpha value is -5.06. The molecule has 4 heteroatoms. The molecule has 0 spiro atoms. The molecule has 0 saturated carbocycles. The summed E-state index contributed by atoms with van der Waals surface area (Å²) in [6, 6.07) is 41.4. The van der Waals surface area contributed by atoms with Gasteiger partial charge in [-0.1, -0.05) is 72.8 Å². The number of hydrogen-bond donors (Lipinski definition) is 0. The van der Waals surface area contributed by atoms with Gasteiger partial charge in [-0.3, -0.25) is 9.38 Å². The molecule has 3 nitrogen and oxygen atoms in total. The van der Waals surface area contributed by atoms with Crippen LogP contribution < -0.4 is 0 Å². The van der Waals surface area contributed by atoms with Crippen molar-refractivity contribution in [2.24, 2.45) is 0 Å². The highest BCUT2D eigenvalue weighted by molar-refractivity contribution is 7.25. The van der Waals surface area contributed by atoms with Crippen molar-refractivity contribution in [1.82, 2.24) is 14.4 Å². The van der Waals surface area contributed by atoms with Gasteiger partial charge < -0.3 is 0 Å². The molecule has 0 aliphatic carbocycles. The lowest BCUT2D eigenvalue weighted by Crippen LogP contribution is -1.87. The van der Waals surface area contributed by atoms with E-state index in [1.165, 1.54) is 64.1 Å². The van der Waals surface area contributed by atoms with Crippen molar-refractivity contribution in [3.05, 3.63) is 128 Å². The summed E-state index contributed by atoms with van der Waals surface area (Å²) in [6.07, 6.45) is 4.18. The molecule has 0 radical (unpaired) electrons. The highest BCUT2D eigenvalue weighted by Gasteiger charge is 2.13. The van der Waals surface area contributed by atoms with E-state index in [1.54, 1.807) is 11.3 Å². The quantitative estimate of drug-likeness (QED) is 0.209. The van der Waals surface area contributed by atoms with Gasteiger partial charge in [0.1, 0.15) is 16.0 Å². The fraction of sp³-hybridized carbons (Fsp3) is 0. The molecule has 0 atom stereocenters. The molecule has 0 unspecified atom stereocenters. The van der Waals surface area contributed by atoms with Gasteiger partial charge in [-0.25, -0.2) is 4.98 Å². The topological polar surface area (TPSA) is 30.2 Å². The lowest BCUT2D eigenvalue weighted by atomic mass is 9.96. The van der Waals surface area contributed by atoms with Crippen molar-refractivity contribution in [1.29, 1.82) is 0 Å². The van der Waals surface area contributed by atoms with E-state index in [1.807, 2.05) is 6.20 Å². The standard InChI is InChI=1S/C36H21N3S/c1-2-6-29-27(5-1)20-37-32-15-13-26(19-31(29)32)24-10-9-23-18-25(12-11-22(23)17-24)28-14-16-34-38-35-30-7-3-4-8-33(30)40-36(35)39(34)21-28/h1-21H. The van der Waals surface area contributed by atoms with Gasteiger partial charge in [0.15, 0.2) is 0 Å². The molecule has 0 bridgehead atoms. The smallest absolute Gasteiger partial charge is 0.138 e. The Morgan fingerprint density at radius 2 is 1.25 bits per heavy atom. The van der Waals surface area contributed by atoms with Crippen molar-refractivity contribution < 1.29 is 0 Å². The van der Waals surface area contributed by atoms with Crippen molar-refractivity contribution >= 4 is 69.9 Å². The normalized spacial score (nSPS) is 12.0. The molecule has 0 amide bonds. The van der Waals surface area contributed by atoms with Crippen LogP contribution in [0.3, 0.4) is 0 Å². The first-order valence-electron chi connectivity index (χ1n) is 13.4. The van der Waals surface area contributed by atoms with Crippen LogP contribution >= 0.6 is 11.3 Å². The van der Waals surface area contributed by atoms with Crippen LogP contribution in [-0.4, -0.2) is 14.4 Å². The molecule has 0 saturated heterocycles. The fourth-order valence-electron chi connectivity index (χ4n) is 5.96. The number of thiophene rings is 1. The highest BCUT2D eigenvalue weighted by atomic mass is 32.1. The Labute approximate surface area is 233 Å². The summed E-state index contributed by atoms with van der Waals surface area (Å²) in [5, 5.41) is 7.28. The van der Waals surface area contributed by atoms with Crippen LogP contribution in [0.1, 0.15) is 0 Å². The van der Waals surface area contributed by atoms with Crippen LogP contribution in [0.15, 0.2) is 128 Å². The number of pyridine rings is 2. The average molecular weight is 528 g/mol. The van der Waals surface area contributed by atoms with Gasteiger partial charge in [-0.2, -0.15) is 0 Å². The predicted molar refractivity (Wildman–Crippen MR) is 169 cm³/mol. The van der Waals surface area contributed by atoms with E-state index in [9.17, 15) is 0 Å². The van der Waals surface area contributed by atoms with Crippen LogP contribution in [0.4, 0.5) is 0 Å². The van der Waals surface area contributed by atoms with Crippen LogP contribution in [-0.2, 0) is 0 Å². The second-order valence-corrected chi connectivity index (χ2v) is 11.4. The molecule has 5 aromatic carbocycles. The van der Waals surface area contributed by atoms with E-state index >= 15 is 0 Å². The van der Waals surface area contributed by atoms with E-state index in [0.29, 0.717) is 0 Å². The molecular weight excluding hydrogens is 506 g/mol. The molecule has 0 aliphatic rings. The van der Waals surface area contributed by atoms with E-state index in [2.05, 4.69) is 131 Å². The minimum Gasteiger partial charge on any atom is -0.290 e. The van der Waals surface area contributed by atoms with E-state index < -0.39 is 0 Å². The Bertz CT molecular complexity index is 2450. The van der Waals surface area contributed by atoms with Crippen molar-refractivity contribution in [2.75, 3.05) is 0 Å². The van der Waals surface area contributed by atoms with Gasteiger partial charge in [-0.15, -0.1) is 11.3 Å². The molecule has 186 valence electrons. The Kier molecular flexibility index (Phi) is 4.48. The summed E-state index contributed by atoms with van der Waals surface area (Å²) >= 11 is 1.80. The van der Waals surface area contributed by atoms with E-state index in [0.717, 1.165) is 16.7 Å². The second-order valence-electron chi connectivity index (χ2n) is 10.4. The first-order chi connectivity index (χ1) is 19.8. The number of fused-ring (bicyclic) bond motifs is 9. The molecule has 0 fully saturated rings. The first kappa shape index (κ1) is 21.8. The fourth-order valence-corrected chi connectivity index (χ4v) is 7.09. The molecule has 9 aromatic rings. The third-order valence-corrected chi connectivity index (χ3v) is 9.18. The number of hydrogen-bond acceptors (Lipinski definition) is 3. The maximum Gasteiger partial charge on any atom is 0.138 e. The summed E-state index contributed by atoms with van der Waals surface area (Å²) in [4.78, 5) is 10.8. The van der Waals surface area contributed by atoms with Gasteiger partial charge >= 0.3 is 0 Å². The number of rotatable bonds is 2. The molecule has 0 N–H and O–H groups in total. The molecule has 4 heterocycles. The molecule has 9 rings (SSSR count). The monoisotopic (exact) mass is 527 g/mol. The van der Waals surface area contributed by atoms with Gasteiger partial charge in [0.2, 0.25) is 0 Å². The third-order valence-electron chi connectivity index (χ3n) is 8.02. The highest BCUT2D eigenvalue weighted by Crippen LogP contribution is 2.36. The molecular formula is C36H21N3S. The third kappa shape index (κ3) is 3.23. The minimum absolute atomic E-state index is 0.986. The summed E-state index contributed by atoms with van der Waals surface area (Å²) in [5.74, 6) is 0. The molecule has 4 aromatic heterocycles. The second kappa shape index (κ2) is 8.22. The SMILES string of the molecule is c1ccc2c(c1)cnc1ccc(-c3ccc4cc(-c5ccc6nc7c8ccccc8sc7n6c5)ccc4c3)cc12. The average Bonchev–Trinajstić information content (AvgIpc) is 3.56. The van der Waals surface area contributed by atoms with Gasteiger partial charge in [0, 0.05) is 33.3 Å². The van der Waals surface area contributed by atoms with Gasteiger partial charge in [0.25, 0.3) is 0 Å². The van der Waals surface area contributed by atoms with Crippen molar-refractivity contribution in [3.8, 4) is 22.3 Å². The van der Waals surface area contributed by atoms with Crippen LogP contribution in [0.2, 0.25) is 0 Å². The first-order valence-corrected chi connectivity index (χ1v) is 14.2. The lowest BCUT2D eigenvalue weighted by Gasteiger charge is -2.09. The Balaban J connectivity index is 1.13. The summed E-state index contributed by atoms with van der Waals surface area (Å²) in [6.45, 7) is 0. The van der Waals surface area contributed by atoms with Crippen LogP contribution in [0, 0.1) is 0 Å². The minimum atomic E-state index is 0.986. The van der Waals surface area contributed by atoms with Crippen LogP contribution in [0.25, 0.3) is 80.8 Å². The number of nitrogens with zero attached hydrogens (tertiary/aromatic N) is 3. The maximum atomic E-state index is 4.93. The van der Waals surface area contributed by atoms with Gasteiger partial charge in [-0.05, 0) is 80.9 Å². The van der Waals surface area contributed by atoms with Crippen LogP contribution in [0.5, 0.6) is 0 Å². The largest absolute Gasteiger partial charge is 0.290 e. The van der Waals surface area contributed by atoms with E-state index in [4.69, 9.17) is 4.98 Å². The number of aromatic nitrogens is 3. The summed E-state index contributed by atoms with van der Waals surface area (Å²) in [5.41, 5.74) is 7.89. The molecule has 0 aliphatic heterocycles. The zero-order chi connectivity index (χ0) is 26.2. The van der Waals surface area contributed by atoms with Crippen molar-refractivity contribution in [3.63, 3.8) is 0 Å². The van der Waals surface area contributed by atoms with Gasteiger partial charge in [0.05, 0.1) is 5.52 Å².